The lowest BCUT2D eigenvalue weighted by Gasteiger charge is -2.25. The van der Waals surface area contributed by atoms with Crippen molar-refractivity contribution in [2.24, 2.45) is 0 Å². The molecule has 8 heteroatoms. The minimum Gasteiger partial charge on any atom is -0.489 e. The van der Waals surface area contributed by atoms with E-state index in [9.17, 15) is 18.0 Å². The van der Waals surface area contributed by atoms with Gasteiger partial charge in [-0.3, -0.25) is 4.79 Å². The van der Waals surface area contributed by atoms with Crippen molar-refractivity contribution in [1.29, 1.82) is 0 Å². The monoisotopic (exact) mass is 520 g/mol. The lowest BCUT2D eigenvalue weighted by molar-refractivity contribution is -0.127. The summed E-state index contributed by atoms with van der Waals surface area (Å²) in [6.45, 7) is 0.118. The number of rotatable bonds is 9. The van der Waals surface area contributed by atoms with Crippen LogP contribution in [0.5, 0.6) is 11.5 Å². The Morgan fingerprint density at radius 1 is 0.974 bits per heavy atom. The Hall–Kier alpha value is -4.07. The maximum atomic E-state index is 12.7. The number of nitrogens with zero attached hydrogens (tertiary/aromatic N) is 1. The Bertz CT molecular complexity index is 1370. The van der Waals surface area contributed by atoms with Crippen molar-refractivity contribution in [3.05, 3.63) is 113 Å². The molecule has 5 rings (SSSR count). The summed E-state index contributed by atoms with van der Waals surface area (Å²) in [5, 5.41) is 0. The van der Waals surface area contributed by atoms with Crippen LogP contribution >= 0.6 is 0 Å². The summed E-state index contributed by atoms with van der Waals surface area (Å²) in [6, 6.07) is 19.4. The van der Waals surface area contributed by atoms with Crippen LogP contribution in [0, 0.1) is 0 Å². The van der Waals surface area contributed by atoms with E-state index in [0.29, 0.717) is 29.9 Å². The number of benzene rings is 3. The molecule has 0 bridgehead atoms. The lowest BCUT2D eigenvalue weighted by atomic mass is 9.87. The molecular weight excluding hydrogens is 493 g/mol. The number of carbonyl (C=O) groups excluding carboxylic acids is 1. The third kappa shape index (κ3) is 6.25. The number of alkyl halides is 3. The van der Waals surface area contributed by atoms with Crippen LogP contribution in [-0.2, 0) is 25.9 Å². The average Bonchev–Trinajstić information content (AvgIpc) is 3.41. The molecule has 1 N–H and O–H groups in total. The van der Waals surface area contributed by atoms with Gasteiger partial charge in [-0.05, 0) is 53.8 Å². The zero-order valence-electron chi connectivity index (χ0n) is 20.6. The van der Waals surface area contributed by atoms with Crippen molar-refractivity contribution in [3.8, 4) is 11.5 Å². The van der Waals surface area contributed by atoms with Crippen LogP contribution in [0.1, 0.15) is 57.4 Å². The Morgan fingerprint density at radius 3 is 2.47 bits per heavy atom. The van der Waals surface area contributed by atoms with Gasteiger partial charge < -0.3 is 14.5 Å². The molecule has 0 spiro atoms. The normalized spacial score (nSPS) is 14.1. The molecule has 3 aromatic carbocycles. The predicted octanol–water partition coefficient (Wildman–Crippen LogP) is 6.98. The number of nitrogens with one attached hydrogen (secondary N) is 1. The maximum absolute atomic E-state index is 12.7. The Labute approximate surface area is 218 Å². The van der Waals surface area contributed by atoms with Crippen molar-refractivity contribution < 1.29 is 27.4 Å². The second kappa shape index (κ2) is 11.1. The van der Waals surface area contributed by atoms with E-state index in [4.69, 9.17) is 9.47 Å². The Balaban J connectivity index is 1.43. The standard InChI is InChI=1S/C30H27F3N2O3/c31-30(32,33)18-20-9-11-22(12-10-20)37-19-25-23-7-4-8-26(36)24(23)13-14-27(25)38-28(17-29-34-15-16-35-29)21-5-2-1-3-6-21/h1-3,5-6,9-16,28H,4,7-8,17-19H2,(H,34,35)/t28-/m0/s1. The third-order valence-electron chi connectivity index (χ3n) is 6.60. The van der Waals surface area contributed by atoms with Crippen LogP contribution in [0.4, 0.5) is 13.2 Å². The molecule has 0 aliphatic heterocycles. The maximum Gasteiger partial charge on any atom is 0.393 e. The van der Waals surface area contributed by atoms with Gasteiger partial charge in [0, 0.05) is 36.4 Å². The molecule has 38 heavy (non-hydrogen) atoms. The second-order valence-electron chi connectivity index (χ2n) is 9.33. The van der Waals surface area contributed by atoms with Gasteiger partial charge in [0.1, 0.15) is 30.0 Å². The number of Topliss-reactive ketones (excluding diaryl/α,β-unsaturated/α-hetero) is 1. The van der Waals surface area contributed by atoms with Gasteiger partial charge in [-0.25, -0.2) is 4.98 Å². The molecule has 1 atom stereocenters. The van der Waals surface area contributed by atoms with Crippen LogP contribution in [0.2, 0.25) is 0 Å². The predicted molar refractivity (Wildman–Crippen MR) is 136 cm³/mol. The molecule has 196 valence electrons. The zero-order chi connectivity index (χ0) is 26.5. The average molecular weight is 521 g/mol. The van der Waals surface area contributed by atoms with Crippen molar-refractivity contribution in [1.82, 2.24) is 9.97 Å². The number of imidazole rings is 1. The molecule has 0 fully saturated rings. The first-order valence-electron chi connectivity index (χ1n) is 12.5. The highest BCUT2D eigenvalue weighted by Crippen LogP contribution is 2.35. The van der Waals surface area contributed by atoms with Crippen molar-refractivity contribution >= 4 is 5.78 Å². The van der Waals surface area contributed by atoms with E-state index in [2.05, 4.69) is 9.97 Å². The van der Waals surface area contributed by atoms with Crippen LogP contribution in [0.15, 0.2) is 79.1 Å². The quantitative estimate of drug-likeness (QED) is 0.259. The molecule has 4 aromatic rings. The first kappa shape index (κ1) is 25.6. The number of ketones is 1. The molecule has 1 aliphatic carbocycles. The van der Waals surface area contributed by atoms with E-state index in [-0.39, 0.29) is 24.1 Å². The highest BCUT2D eigenvalue weighted by Gasteiger charge is 2.28. The third-order valence-corrected chi connectivity index (χ3v) is 6.60. The number of H-pyrrole nitrogens is 1. The summed E-state index contributed by atoms with van der Waals surface area (Å²) < 4.78 is 50.8. The van der Waals surface area contributed by atoms with Crippen molar-refractivity contribution in [2.75, 3.05) is 0 Å². The number of hydrogen-bond donors (Lipinski definition) is 1. The number of aromatic amines is 1. The Morgan fingerprint density at radius 2 is 1.76 bits per heavy atom. The van der Waals surface area contributed by atoms with Crippen molar-refractivity contribution in [3.63, 3.8) is 0 Å². The Kier molecular flexibility index (Phi) is 7.49. The van der Waals surface area contributed by atoms with Crippen LogP contribution in [0.3, 0.4) is 0 Å². The minimum absolute atomic E-state index is 0.0887. The first-order chi connectivity index (χ1) is 18.4. The first-order valence-corrected chi connectivity index (χ1v) is 12.5. The summed E-state index contributed by atoms with van der Waals surface area (Å²) in [5.74, 6) is 1.92. The van der Waals surface area contributed by atoms with Gasteiger partial charge in [0.15, 0.2) is 5.78 Å². The van der Waals surface area contributed by atoms with Crippen LogP contribution in [-0.4, -0.2) is 21.9 Å². The summed E-state index contributed by atoms with van der Waals surface area (Å²) in [5.41, 5.74) is 3.49. The number of carbonyl (C=O) groups is 1. The fraction of sp³-hybridized carbons (Fsp3) is 0.267. The topological polar surface area (TPSA) is 64.2 Å². The van der Waals surface area contributed by atoms with Gasteiger partial charge in [0.2, 0.25) is 0 Å². The number of ether oxygens (including phenoxy) is 2. The number of aromatic nitrogens is 2. The molecule has 0 unspecified atom stereocenters. The van der Waals surface area contributed by atoms with E-state index in [1.54, 1.807) is 12.4 Å². The summed E-state index contributed by atoms with van der Waals surface area (Å²) in [6.07, 6.45) is 0.319. The number of halogens is 3. The molecule has 5 nitrogen and oxygen atoms in total. The van der Waals surface area contributed by atoms with Gasteiger partial charge in [-0.15, -0.1) is 0 Å². The van der Waals surface area contributed by atoms with E-state index in [1.165, 1.54) is 24.3 Å². The van der Waals surface area contributed by atoms with Gasteiger partial charge in [-0.2, -0.15) is 13.2 Å². The largest absolute Gasteiger partial charge is 0.489 e. The van der Waals surface area contributed by atoms with E-state index in [1.807, 2.05) is 42.5 Å². The number of hydrogen-bond acceptors (Lipinski definition) is 4. The lowest BCUT2D eigenvalue weighted by Crippen LogP contribution is -2.18. The van der Waals surface area contributed by atoms with Crippen LogP contribution < -0.4 is 9.47 Å². The molecule has 0 saturated heterocycles. The smallest absolute Gasteiger partial charge is 0.393 e. The fourth-order valence-electron chi connectivity index (χ4n) is 4.77. The molecule has 0 amide bonds. The molecular formula is C30H27F3N2O3. The summed E-state index contributed by atoms with van der Waals surface area (Å²) in [4.78, 5) is 20.1. The molecule has 0 radical (unpaired) electrons. The molecule has 1 heterocycles. The van der Waals surface area contributed by atoms with Crippen LogP contribution in [0.25, 0.3) is 0 Å². The summed E-state index contributed by atoms with van der Waals surface area (Å²) >= 11 is 0. The number of fused-ring (bicyclic) bond motifs is 1. The molecule has 1 aromatic heterocycles. The fourth-order valence-corrected chi connectivity index (χ4v) is 4.77. The summed E-state index contributed by atoms with van der Waals surface area (Å²) in [7, 11) is 0. The SMILES string of the molecule is O=C1CCCc2c1ccc(O[C@@H](Cc1ncc[nH]1)c1ccccc1)c2COc1ccc(CC(F)(F)F)cc1. The highest BCUT2D eigenvalue weighted by atomic mass is 19.4. The highest BCUT2D eigenvalue weighted by molar-refractivity contribution is 5.99. The zero-order valence-corrected chi connectivity index (χ0v) is 20.6. The van der Waals surface area contributed by atoms with Crippen molar-refractivity contribution in [2.45, 2.75) is 51.0 Å². The van der Waals surface area contributed by atoms with E-state index >= 15 is 0 Å². The van der Waals surface area contributed by atoms with E-state index < -0.39 is 12.6 Å². The van der Waals surface area contributed by atoms with Gasteiger partial charge in [-0.1, -0.05) is 42.5 Å². The van der Waals surface area contributed by atoms with E-state index in [0.717, 1.165) is 35.4 Å². The van der Waals surface area contributed by atoms with Gasteiger partial charge in [0.25, 0.3) is 0 Å². The van der Waals surface area contributed by atoms with Gasteiger partial charge in [0.05, 0.1) is 6.42 Å². The minimum atomic E-state index is -4.27. The molecule has 0 saturated carbocycles. The van der Waals surface area contributed by atoms with Gasteiger partial charge >= 0.3 is 6.18 Å². The second-order valence-corrected chi connectivity index (χ2v) is 9.33. The molecule has 1 aliphatic rings.